The molecule has 0 bridgehead atoms. The molecule has 0 aliphatic carbocycles. The third-order valence-corrected chi connectivity index (χ3v) is 5.44. The number of rotatable bonds is 6. The van der Waals surface area contributed by atoms with Crippen molar-refractivity contribution in [3.8, 4) is 5.69 Å². The molecule has 0 saturated heterocycles. The van der Waals surface area contributed by atoms with Crippen LogP contribution in [0.4, 0.5) is 0 Å². The number of fused-ring (bicyclic) bond motifs is 1. The minimum Gasteiger partial charge on any atom is -0.475 e. The zero-order valence-corrected chi connectivity index (χ0v) is 19.3. The lowest BCUT2D eigenvalue weighted by Gasteiger charge is -2.13. The normalized spacial score (nSPS) is 12.5. The maximum absolute atomic E-state index is 12.3. The predicted octanol–water partition coefficient (Wildman–Crippen LogP) is 2.91. The minimum atomic E-state index is -0.325. The molecule has 0 radical (unpaired) electrons. The Hall–Kier alpha value is -4.08. The van der Waals surface area contributed by atoms with E-state index in [2.05, 4.69) is 25.6 Å². The maximum Gasteiger partial charge on any atom is 0.368 e. The smallest absolute Gasteiger partial charge is 0.368 e. The predicted molar refractivity (Wildman–Crippen MR) is 127 cm³/mol. The lowest BCUT2D eigenvalue weighted by molar-refractivity contribution is 0.282. The fourth-order valence-electron chi connectivity index (χ4n) is 3.54. The molecule has 10 nitrogen and oxygen atoms in total. The van der Waals surface area contributed by atoms with Gasteiger partial charge < -0.3 is 9.30 Å². The average Bonchev–Trinajstić information content (AvgIpc) is 3.33. The molecule has 0 unspecified atom stereocenters. The van der Waals surface area contributed by atoms with E-state index in [1.54, 1.807) is 7.05 Å². The van der Waals surface area contributed by atoms with E-state index in [0.717, 1.165) is 28.0 Å². The Labute approximate surface area is 190 Å². The molecule has 0 aliphatic heterocycles. The van der Waals surface area contributed by atoms with Gasteiger partial charge in [0.1, 0.15) is 12.3 Å². The van der Waals surface area contributed by atoms with Gasteiger partial charge >= 0.3 is 5.69 Å². The third-order valence-electron chi connectivity index (χ3n) is 5.44. The summed E-state index contributed by atoms with van der Waals surface area (Å²) < 4.78 is 10.4. The Morgan fingerprint density at radius 1 is 1.06 bits per heavy atom. The van der Waals surface area contributed by atoms with Gasteiger partial charge in [-0.15, -0.1) is 10.2 Å². The first-order chi connectivity index (χ1) is 15.9. The van der Waals surface area contributed by atoms with Crippen molar-refractivity contribution in [2.24, 2.45) is 24.3 Å². The van der Waals surface area contributed by atoms with Crippen LogP contribution in [0.2, 0.25) is 0 Å². The molecule has 2 heterocycles. The Bertz CT molecular complexity index is 1420. The molecule has 0 fully saturated rings. The molecule has 10 heteroatoms. The molecule has 4 rings (SSSR count). The number of benzene rings is 2. The van der Waals surface area contributed by atoms with Crippen LogP contribution >= 0.6 is 0 Å². The number of tetrazole rings is 1. The van der Waals surface area contributed by atoms with E-state index < -0.39 is 0 Å². The number of ether oxygens (including phenoxy) is 1. The molecular formula is C23H26N8O2. The number of hydrogen-bond donors (Lipinski definition) is 0. The van der Waals surface area contributed by atoms with E-state index in [1.807, 2.05) is 74.9 Å². The molecule has 0 spiro atoms. The molecular weight excluding hydrogens is 420 g/mol. The summed E-state index contributed by atoms with van der Waals surface area (Å²) in [5.41, 5.74) is 4.73. The first-order valence-corrected chi connectivity index (χ1v) is 10.6. The van der Waals surface area contributed by atoms with Crippen molar-refractivity contribution in [3.05, 3.63) is 69.9 Å². The van der Waals surface area contributed by atoms with Crippen LogP contribution in [0.3, 0.4) is 0 Å². The van der Waals surface area contributed by atoms with Crippen molar-refractivity contribution in [2.45, 2.75) is 33.8 Å². The average molecular weight is 447 g/mol. The number of aromatic nitrogens is 6. The summed E-state index contributed by atoms with van der Waals surface area (Å²) in [5, 5.41) is 16.5. The van der Waals surface area contributed by atoms with Crippen LogP contribution in [0.1, 0.15) is 37.2 Å². The summed E-state index contributed by atoms with van der Waals surface area (Å²) in [5.74, 6) is 1.23. The topological polar surface area (TPSA) is 104 Å². The van der Waals surface area contributed by atoms with Crippen LogP contribution in [-0.2, 0) is 25.4 Å². The van der Waals surface area contributed by atoms with Crippen molar-refractivity contribution in [3.63, 3.8) is 0 Å². The Balaban J connectivity index is 1.58. The third kappa shape index (κ3) is 4.32. The highest BCUT2D eigenvalue weighted by molar-refractivity contribution is 5.98. The Morgan fingerprint density at radius 3 is 2.55 bits per heavy atom. The highest BCUT2D eigenvalue weighted by Gasteiger charge is 2.14. The molecule has 0 aliphatic rings. The Kier molecular flexibility index (Phi) is 6.16. The van der Waals surface area contributed by atoms with Gasteiger partial charge in [-0.05, 0) is 48.0 Å². The van der Waals surface area contributed by atoms with Gasteiger partial charge in [0.2, 0.25) is 5.90 Å². The van der Waals surface area contributed by atoms with Crippen molar-refractivity contribution in [1.29, 1.82) is 0 Å². The second-order valence-corrected chi connectivity index (χ2v) is 7.67. The SMILES string of the molecule is CCC(=NN=C(C)c1nc2ccccc2n1C)OCc1c(C)cccc1-n1nnn(C)c1=O. The summed E-state index contributed by atoms with van der Waals surface area (Å²) in [6.07, 6.45) is 0.561. The number of imidazole rings is 1. The molecule has 2 aromatic heterocycles. The van der Waals surface area contributed by atoms with Crippen LogP contribution in [0.15, 0.2) is 57.5 Å². The highest BCUT2D eigenvalue weighted by Crippen LogP contribution is 2.19. The van der Waals surface area contributed by atoms with E-state index in [1.165, 1.54) is 9.36 Å². The summed E-state index contributed by atoms with van der Waals surface area (Å²) in [6, 6.07) is 13.6. The van der Waals surface area contributed by atoms with Gasteiger partial charge in [-0.25, -0.2) is 9.78 Å². The van der Waals surface area contributed by atoms with Crippen LogP contribution < -0.4 is 5.69 Å². The second-order valence-electron chi connectivity index (χ2n) is 7.67. The number of nitrogens with zero attached hydrogens (tertiary/aromatic N) is 8. The molecule has 0 atom stereocenters. The first-order valence-electron chi connectivity index (χ1n) is 10.6. The quantitative estimate of drug-likeness (QED) is 0.257. The standard InChI is InChI=1S/C23H26N8O2/c1-6-21(26-25-16(3)22-24-18-11-7-8-12-20(18)29(22)4)33-14-17-15(2)10-9-13-19(17)31-23(32)30(5)27-28-31/h7-13H,6,14H2,1-5H3. The molecule has 4 aromatic rings. The summed E-state index contributed by atoms with van der Waals surface area (Å²) in [4.78, 5) is 17.0. The van der Waals surface area contributed by atoms with Gasteiger partial charge in [0.25, 0.3) is 0 Å². The van der Waals surface area contributed by atoms with E-state index in [9.17, 15) is 4.79 Å². The van der Waals surface area contributed by atoms with Gasteiger partial charge in [0, 0.05) is 26.1 Å². The lowest BCUT2D eigenvalue weighted by Crippen LogP contribution is -2.23. The maximum atomic E-state index is 12.3. The monoisotopic (exact) mass is 446 g/mol. The molecule has 0 saturated carbocycles. The van der Waals surface area contributed by atoms with Gasteiger partial charge in [-0.2, -0.15) is 9.36 Å². The van der Waals surface area contributed by atoms with Gasteiger partial charge in [0.05, 0.1) is 16.7 Å². The van der Waals surface area contributed by atoms with Crippen LogP contribution in [0.5, 0.6) is 0 Å². The fraction of sp³-hybridized carbons (Fsp3) is 0.304. The van der Waals surface area contributed by atoms with Gasteiger partial charge in [0.15, 0.2) is 5.82 Å². The number of aryl methyl sites for hydroxylation is 3. The fourth-order valence-corrected chi connectivity index (χ4v) is 3.54. The van der Waals surface area contributed by atoms with E-state index in [-0.39, 0.29) is 12.3 Å². The van der Waals surface area contributed by atoms with Gasteiger partial charge in [-0.3, -0.25) is 0 Å². The summed E-state index contributed by atoms with van der Waals surface area (Å²) >= 11 is 0. The largest absolute Gasteiger partial charge is 0.475 e. The summed E-state index contributed by atoms with van der Waals surface area (Å²) in [6.45, 7) is 6.00. The zero-order valence-electron chi connectivity index (χ0n) is 19.3. The van der Waals surface area contributed by atoms with Crippen molar-refractivity contribution in [1.82, 2.24) is 29.3 Å². The van der Waals surface area contributed by atoms with Gasteiger partial charge in [-0.1, -0.05) is 31.2 Å². The molecule has 2 aromatic carbocycles. The van der Waals surface area contributed by atoms with E-state index in [4.69, 9.17) is 4.74 Å². The molecule has 0 N–H and O–H groups in total. The van der Waals surface area contributed by atoms with E-state index in [0.29, 0.717) is 23.7 Å². The number of para-hydroxylation sites is 2. The lowest BCUT2D eigenvalue weighted by atomic mass is 10.1. The molecule has 0 amide bonds. The highest BCUT2D eigenvalue weighted by atomic mass is 16.5. The number of hydrogen-bond acceptors (Lipinski definition) is 7. The zero-order chi connectivity index (χ0) is 23.5. The van der Waals surface area contributed by atoms with Crippen molar-refractivity contribution < 1.29 is 4.74 Å². The van der Waals surface area contributed by atoms with Crippen LogP contribution in [0, 0.1) is 6.92 Å². The van der Waals surface area contributed by atoms with Crippen LogP contribution in [0.25, 0.3) is 16.7 Å². The van der Waals surface area contributed by atoms with Crippen molar-refractivity contribution >= 4 is 22.6 Å². The second kappa shape index (κ2) is 9.19. The first kappa shape index (κ1) is 22.1. The van der Waals surface area contributed by atoms with Crippen LogP contribution in [-0.4, -0.2) is 41.0 Å². The summed E-state index contributed by atoms with van der Waals surface area (Å²) in [7, 11) is 3.52. The molecule has 170 valence electrons. The van der Waals surface area contributed by atoms with Crippen molar-refractivity contribution in [2.75, 3.05) is 0 Å². The Morgan fingerprint density at radius 2 is 1.85 bits per heavy atom. The van der Waals surface area contributed by atoms with E-state index >= 15 is 0 Å². The molecule has 33 heavy (non-hydrogen) atoms. The minimum absolute atomic E-state index is 0.221.